The van der Waals surface area contributed by atoms with E-state index in [9.17, 15) is 4.79 Å². The summed E-state index contributed by atoms with van der Waals surface area (Å²) in [7, 11) is 1.91. The van der Waals surface area contributed by atoms with Crippen molar-refractivity contribution in [3.8, 4) is 22.5 Å². The van der Waals surface area contributed by atoms with Crippen molar-refractivity contribution in [2.75, 3.05) is 5.32 Å². The molecule has 3 aromatic heterocycles. The molecule has 0 atom stereocenters. The van der Waals surface area contributed by atoms with Gasteiger partial charge in [0.15, 0.2) is 0 Å². The maximum absolute atomic E-state index is 11.8. The molecule has 29 heavy (non-hydrogen) atoms. The van der Waals surface area contributed by atoms with E-state index in [2.05, 4.69) is 43.6 Å². The maximum Gasteiger partial charge on any atom is 0.251 e. The van der Waals surface area contributed by atoms with Crippen LogP contribution in [0.4, 0.5) is 5.82 Å². The lowest BCUT2D eigenvalue weighted by molar-refractivity contribution is 0.768. The number of hydrogen-bond acceptors (Lipinski definition) is 5. The normalized spacial score (nSPS) is 10.8. The van der Waals surface area contributed by atoms with Crippen LogP contribution in [0.2, 0.25) is 0 Å². The molecular formula is C22H22N6O. The third-order valence-electron chi connectivity index (χ3n) is 4.63. The average molecular weight is 386 g/mol. The second-order valence-corrected chi connectivity index (χ2v) is 6.83. The van der Waals surface area contributed by atoms with Crippen LogP contribution in [-0.4, -0.2) is 24.7 Å². The molecule has 0 saturated heterocycles. The summed E-state index contributed by atoms with van der Waals surface area (Å²) in [5.41, 5.74) is 4.77. The Balaban J connectivity index is 1.46. The molecule has 7 heteroatoms. The fourth-order valence-electron chi connectivity index (χ4n) is 3.09. The summed E-state index contributed by atoms with van der Waals surface area (Å²) >= 11 is 0. The molecule has 0 radical (unpaired) electrons. The van der Waals surface area contributed by atoms with Gasteiger partial charge in [0.2, 0.25) is 0 Å². The molecule has 1 aromatic carbocycles. The molecule has 3 heterocycles. The first-order chi connectivity index (χ1) is 14.1. The Labute approximate surface area is 168 Å². The molecule has 7 nitrogen and oxygen atoms in total. The van der Waals surface area contributed by atoms with Gasteiger partial charge in [0.25, 0.3) is 5.56 Å². The molecule has 0 unspecified atom stereocenters. The minimum Gasteiger partial charge on any atom is -0.366 e. The van der Waals surface area contributed by atoms with E-state index in [1.54, 1.807) is 10.9 Å². The third-order valence-corrected chi connectivity index (χ3v) is 4.63. The van der Waals surface area contributed by atoms with Crippen LogP contribution < -0.4 is 10.9 Å². The zero-order valence-corrected chi connectivity index (χ0v) is 16.4. The number of benzene rings is 1. The van der Waals surface area contributed by atoms with E-state index in [1.807, 2.05) is 44.6 Å². The molecule has 0 aliphatic heterocycles. The third kappa shape index (κ3) is 4.40. The number of aromatic nitrogens is 5. The first-order valence-corrected chi connectivity index (χ1v) is 9.49. The lowest BCUT2D eigenvalue weighted by Crippen LogP contribution is -2.10. The monoisotopic (exact) mass is 386 g/mol. The van der Waals surface area contributed by atoms with Crippen LogP contribution in [0.3, 0.4) is 0 Å². The largest absolute Gasteiger partial charge is 0.366 e. The van der Waals surface area contributed by atoms with Crippen LogP contribution in [-0.2, 0) is 20.0 Å². The van der Waals surface area contributed by atoms with Gasteiger partial charge in [-0.3, -0.25) is 9.48 Å². The van der Waals surface area contributed by atoms with Crippen molar-refractivity contribution in [1.29, 1.82) is 0 Å². The average Bonchev–Trinajstić information content (AvgIpc) is 3.19. The van der Waals surface area contributed by atoms with Gasteiger partial charge < -0.3 is 10.3 Å². The molecule has 0 saturated carbocycles. The molecular weight excluding hydrogens is 364 g/mol. The Morgan fingerprint density at radius 2 is 1.97 bits per heavy atom. The van der Waals surface area contributed by atoms with Gasteiger partial charge in [-0.15, -0.1) is 0 Å². The van der Waals surface area contributed by atoms with Gasteiger partial charge in [-0.05, 0) is 35.7 Å². The highest BCUT2D eigenvalue weighted by molar-refractivity contribution is 5.62. The highest BCUT2D eigenvalue weighted by atomic mass is 16.1. The van der Waals surface area contributed by atoms with E-state index in [-0.39, 0.29) is 5.56 Å². The zero-order chi connectivity index (χ0) is 20.2. The lowest BCUT2D eigenvalue weighted by atomic mass is 10.1. The summed E-state index contributed by atoms with van der Waals surface area (Å²) in [6.45, 7) is 2.63. The van der Waals surface area contributed by atoms with E-state index in [0.29, 0.717) is 18.8 Å². The summed E-state index contributed by atoms with van der Waals surface area (Å²) < 4.78 is 1.80. The molecule has 4 rings (SSSR count). The summed E-state index contributed by atoms with van der Waals surface area (Å²) in [5.74, 6) is 1.30. The standard InChI is InChI=1S/C22H22N6O/c1-3-19-10-21(29)27-22(26-19)17-7-8-20(24-12-17)23-11-15-5-4-6-16(9-15)18-13-25-28(2)14-18/h4-10,12-14H,3,11H2,1-2H3,(H,23,24)(H,26,27,29). The molecule has 0 spiro atoms. The van der Waals surface area contributed by atoms with Crippen LogP contribution in [0, 0.1) is 0 Å². The minimum absolute atomic E-state index is 0.150. The van der Waals surface area contributed by atoms with Crippen molar-refractivity contribution in [3.63, 3.8) is 0 Å². The summed E-state index contributed by atoms with van der Waals surface area (Å²) in [4.78, 5) is 23.4. The Morgan fingerprint density at radius 3 is 2.69 bits per heavy atom. The number of nitrogens with one attached hydrogen (secondary N) is 2. The number of pyridine rings is 1. The fourth-order valence-corrected chi connectivity index (χ4v) is 3.09. The Hall–Kier alpha value is -3.74. The van der Waals surface area contributed by atoms with E-state index < -0.39 is 0 Å². The Bertz CT molecular complexity index is 1180. The number of aryl methyl sites for hydroxylation is 2. The van der Waals surface area contributed by atoms with E-state index in [1.165, 1.54) is 6.07 Å². The van der Waals surface area contributed by atoms with Crippen LogP contribution in [0.15, 0.2) is 65.8 Å². The predicted octanol–water partition coefficient (Wildman–Crippen LogP) is 3.41. The van der Waals surface area contributed by atoms with Gasteiger partial charge in [-0.1, -0.05) is 25.1 Å². The SMILES string of the molecule is CCc1cc(=O)[nH]c(-c2ccc(NCc3cccc(-c4cnn(C)c4)c3)nc2)n1. The van der Waals surface area contributed by atoms with Crippen LogP contribution in [0.25, 0.3) is 22.5 Å². The number of hydrogen-bond donors (Lipinski definition) is 2. The van der Waals surface area contributed by atoms with E-state index >= 15 is 0 Å². The van der Waals surface area contributed by atoms with Crippen molar-refractivity contribution >= 4 is 5.82 Å². The number of rotatable bonds is 6. The Morgan fingerprint density at radius 1 is 1.07 bits per heavy atom. The van der Waals surface area contributed by atoms with Crippen molar-refractivity contribution in [2.24, 2.45) is 7.05 Å². The van der Waals surface area contributed by atoms with Gasteiger partial charge >= 0.3 is 0 Å². The predicted molar refractivity (Wildman–Crippen MR) is 113 cm³/mol. The van der Waals surface area contributed by atoms with Crippen molar-refractivity contribution in [3.05, 3.63) is 82.7 Å². The number of anilines is 1. The molecule has 4 aromatic rings. The van der Waals surface area contributed by atoms with Gasteiger partial charge in [0.05, 0.1) is 6.20 Å². The van der Waals surface area contributed by atoms with Crippen molar-refractivity contribution in [2.45, 2.75) is 19.9 Å². The second kappa shape index (κ2) is 8.10. The minimum atomic E-state index is -0.150. The first kappa shape index (κ1) is 18.6. The van der Waals surface area contributed by atoms with Crippen LogP contribution in [0.1, 0.15) is 18.2 Å². The molecule has 146 valence electrons. The van der Waals surface area contributed by atoms with Crippen molar-refractivity contribution in [1.82, 2.24) is 24.7 Å². The summed E-state index contributed by atoms with van der Waals surface area (Å²) in [5, 5.41) is 7.56. The number of nitrogens with zero attached hydrogens (tertiary/aromatic N) is 4. The highest BCUT2D eigenvalue weighted by Crippen LogP contribution is 2.20. The highest BCUT2D eigenvalue weighted by Gasteiger charge is 2.05. The Kier molecular flexibility index (Phi) is 5.20. The smallest absolute Gasteiger partial charge is 0.251 e. The van der Waals surface area contributed by atoms with Crippen molar-refractivity contribution < 1.29 is 0 Å². The zero-order valence-electron chi connectivity index (χ0n) is 16.4. The summed E-state index contributed by atoms with van der Waals surface area (Å²) in [6, 6.07) is 13.6. The molecule has 0 fully saturated rings. The molecule has 2 N–H and O–H groups in total. The first-order valence-electron chi connectivity index (χ1n) is 9.49. The fraction of sp³-hybridized carbons (Fsp3) is 0.182. The lowest BCUT2D eigenvalue weighted by Gasteiger charge is -2.08. The van der Waals surface area contributed by atoms with Gasteiger partial charge in [0.1, 0.15) is 11.6 Å². The summed E-state index contributed by atoms with van der Waals surface area (Å²) in [6.07, 6.45) is 6.28. The second-order valence-electron chi connectivity index (χ2n) is 6.83. The molecule has 0 amide bonds. The van der Waals surface area contributed by atoms with Crippen LogP contribution in [0.5, 0.6) is 0 Å². The van der Waals surface area contributed by atoms with Gasteiger partial charge in [-0.25, -0.2) is 9.97 Å². The quantitative estimate of drug-likeness (QED) is 0.530. The number of H-pyrrole nitrogens is 1. The van der Waals surface area contributed by atoms with E-state index in [0.717, 1.165) is 33.8 Å². The maximum atomic E-state index is 11.8. The molecule has 0 aliphatic rings. The van der Waals surface area contributed by atoms with Crippen LogP contribution >= 0.6 is 0 Å². The number of aromatic amines is 1. The molecule has 0 bridgehead atoms. The molecule has 0 aliphatic carbocycles. The topological polar surface area (TPSA) is 88.5 Å². The van der Waals surface area contributed by atoms with E-state index in [4.69, 9.17) is 0 Å². The van der Waals surface area contributed by atoms with Gasteiger partial charge in [0, 0.05) is 48.9 Å². The van der Waals surface area contributed by atoms with Gasteiger partial charge in [-0.2, -0.15) is 5.10 Å².